The lowest BCUT2D eigenvalue weighted by Crippen LogP contribution is -1.90. The van der Waals surface area contributed by atoms with Crippen LogP contribution in [0.1, 0.15) is 0 Å². The molecular weight excluding hydrogens is 234 g/mol. The van der Waals surface area contributed by atoms with Crippen molar-refractivity contribution in [1.82, 2.24) is 15.0 Å². The van der Waals surface area contributed by atoms with Gasteiger partial charge in [-0.1, -0.05) is 29.8 Å². The first-order valence-corrected chi connectivity index (χ1v) is 5.55. The molecule has 0 fully saturated rings. The second-order valence-electron chi connectivity index (χ2n) is 3.58. The second kappa shape index (κ2) is 4.11. The average Bonchev–Trinajstić information content (AvgIpc) is 2.38. The summed E-state index contributed by atoms with van der Waals surface area (Å²) in [5, 5.41) is 1.50. The molecule has 0 saturated carbocycles. The minimum absolute atomic E-state index is 0.433. The van der Waals surface area contributed by atoms with Gasteiger partial charge in [-0.15, -0.1) is 0 Å². The lowest BCUT2D eigenvalue weighted by molar-refractivity contribution is 1.18. The number of aromatic nitrogens is 3. The van der Waals surface area contributed by atoms with Gasteiger partial charge in [-0.25, -0.2) is 9.97 Å². The number of benzene rings is 1. The summed E-state index contributed by atoms with van der Waals surface area (Å²) in [7, 11) is 0. The second-order valence-corrected chi connectivity index (χ2v) is 3.97. The van der Waals surface area contributed by atoms with Crippen LogP contribution in [-0.2, 0) is 0 Å². The molecule has 3 aromatic rings. The Morgan fingerprint density at radius 1 is 0.882 bits per heavy atom. The Bertz CT molecular complexity index is 677. The summed E-state index contributed by atoms with van der Waals surface area (Å²) in [5.74, 6) is 0.599. The van der Waals surface area contributed by atoms with Crippen molar-refractivity contribution < 1.29 is 0 Å². The van der Waals surface area contributed by atoms with Crippen LogP contribution >= 0.6 is 11.6 Å². The maximum absolute atomic E-state index is 5.87. The van der Waals surface area contributed by atoms with E-state index in [2.05, 4.69) is 15.0 Å². The molecule has 17 heavy (non-hydrogen) atoms. The average molecular weight is 242 g/mol. The molecule has 0 aliphatic carbocycles. The van der Waals surface area contributed by atoms with Gasteiger partial charge in [0.25, 0.3) is 0 Å². The van der Waals surface area contributed by atoms with Gasteiger partial charge in [-0.05, 0) is 18.2 Å². The molecule has 0 atom stereocenters. The van der Waals surface area contributed by atoms with Crippen molar-refractivity contribution >= 4 is 22.5 Å². The van der Waals surface area contributed by atoms with E-state index in [-0.39, 0.29) is 0 Å². The van der Waals surface area contributed by atoms with Crippen LogP contribution in [0.3, 0.4) is 0 Å². The molecule has 0 saturated heterocycles. The van der Waals surface area contributed by atoms with E-state index in [1.165, 1.54) is 0 Å². The largest absolute Gasteiger partial charge is 0.255 e. The summed E-state index contributed by atoms with van der Waals surface area (Å²) < 4.78 is 0. The third-order valence-electron chi connectivity index (χ3n) is 2.50. The predicted octanol–water partition coefficient (Wildman–Crippen LogP) is 3.35. The zero-order chi connectivity index (χ0) is 11.7. The smallest absolute Gasteiger partial charge is 0.163 e. The number of fused-ring (bicyclic) bond motifs is 1. The van der Waals surface area contributed by atoms with E-state index in [1.54, 1.807) is 18.5 Å². The Morgan fingerprint density at radius 3 is 2.65 bits per heavy atom. The fourth-order valence-corrected chi connectivity index (χ4v) is 1.89. The summed E-state index contributed by atoms with van der Waals surface area (Å²) in [4.78, 5) is 12.8. The molecule has 0 aliphatic rings. The van der Waals surface area contributed by atoms with E-state index in [0.717, 1.165) is 16.5 Å². The Hall–Kier alpha value is -2.00. The van der Waals surface area contributed by atoms with Crippen molar-refractivity contribution in [3.8, 4) is 11.4 Å². The maximum atomic E-state index is 5.87. The van der Waals surface area contributed by atoms with E-state index in [1.807, 2.05) is 30.3 Å². The summed E-state index contributed by atoms with van der Waals surface area (Å²) in [6, 6.07) is 11.5. The van der Waals surface area contributed by atoms with Crippen molar-refractivity contribution in [2.75, 3.05) is 0 Å². The van der Waals surface area contributed by atoms with Crippen LogP contribution in [-0.4, -0.2) is 15.0 Å². The lowest BCUT2D eigenvalue weighted by Gasteiger charge is -2.04. The summed E-state index contributed by atoms with van der Waals surface area (Å²) in [6.45, 7) is 0. The van der Waals surface area contributed by atoms with Crippen molar-refractivity contribution in [2.45, 2.75) is 0 Å². The molecule has 0 amide bonds. The standard InChI is InChI=1S/C13H8ClN3/c14-11-6-8-16-13(17-11)10-5-1-3-9-4-2-7-15-12(9)10/h1-8H. The third kappa shape index (κ3) is 1.85. The van der Waals surface area contributed by atoms with Crippen LogP contribution in [0.5, 0.6) is 0 Å². The predicted molar refractivity (Wildman–Crippen MR) is 67.8 cm³/mol. The molecule has 3 nitrogen and oxygen atoms in total. The van der Waals surface area contributed by atoms with Crippen molar-refractivity contribution in [2.24, 2.45) is 0 Å². The van der Waals surface area contributed by atoms with Gasteiger partial charge in [-0.3, -0.25) is 4.98 Å². The van der Waals surface area contributed by atoms with Crippen LogP contribution in [0.15, 0.2) is 48.8 Å². The highest BCUT2D eigenvalue weighted by Crippen LogP contribution is 2.24. The maximum Gasteiger partial charge on any atom is 0.163 e. The van der Waals surface area contributed by atoms with Crippen LogP contribution in [0.2, 0.25) is 5.15 Å². The monoisotopic (exact) mass is 241 g/mol. The van der Waals surface area contributed by atoms with Crippen molar-refractivity contribution in [3.63, 3.8) is 0 Å². The number of hydrogen-bond acceptors (Lipinski definition) is 3. The minimum atomic E-state index is 0.433. The summed E-state index contributed by atoms with van der Waals surface area (Å²) in [6.07, 6.45) is 3.41. The number of pyridine rings is 1. The Morgan fingerprint density at radius 2 is 1.76 bits per heavy atom. The van der Waals surface area contributed by atoms with Gasteiger partial charge in [0.15, 0.2) is 5.82 Å². The molecule has 0 aliphatic heterocycles. The van der Waals surface area contributed by atoms with E-state index in [9.17, 15) is 0 Å². The fourth-order valence-electron chi connectivity index (χ4n) is 1.75. The van der Waals surface area contributed by atoms with Crippen molar-refractivity contribution in [1.29, 1.82) is 0 Å². The van der Waals surface area contributed by atoms with Gasteiger partial charge in [0, 0.05) is 23.3 Å². The van der Waals surface area contributed by atoms with Gasteiger partial charge in [0.2, 0.25) is 0 Å². The molecule has 0 radical (unpaired) electrons. The highest BCUT2D eigenvalue weighted by Gasteiger charge is 2.07. The molecule has 0 unspecified atom stereocenters. The molecule has 3 rings (SSSR count). The zero-order valence-electron chi connectivity index (χ0n) is 8.84. The van der Waals surface area contributed by atoms with Gasteiger partial charge in [0.1, 0.15) is 5.15 Å². The third-order valence-corrected chi connectivity index (χ3v) is 2.71. The zero-order valence-corrected chi connectivity index (χ0v) is 9.59. The number of hydrogen-bond donors (Lipinski definition) is 0. The highest BCUT2D eigenvalue weighted by atomic mass is 35.5. The molecule has 4 heteroatoms. The molecule has 0 spiro atoms. The van der Waals surface area contributed by atoms with E-state index in [0.29, 0.717) is 11.0 Å². The minimum Gasteiger partial charge on any atom is -0.255 e. The molecule has 82 valence electrons. The molecule has 0 N–H and O–H groups in total. The quantitative estimate of drug-likeness (QED) is 0.614. The van der Waals surface area contributed by atoms with Crippen LogP contribution in [0, 0.1) is 0 Å². The van der Waals surface area contributed by atoms with E-state index >= 15 is 0 Å². The summed E-state index contributed by atoms with van der Waals surface area (Å²) >= 11 is 5.87. The Kier molecular flexibility index (Phi) is 2.46. The lowest BCUT2D eigenvalue weighted by atomic mass is 10.1. The van der Waals surface area contributed by atoms with Crippen LogP contribution in [0.4, 0.5) is 0 Å². The number of para-hydroxylation sites is 1. The van der Waals surface area contributed by atoms with Gasteiger partial charge < -0.3 is 0 Å². The number of halogens is 1. The van der Waals surface area contributed by atoms with Gasteiger partial charge in [-0.2, -0.15) is 0 Å². The first-order chi connectivity index (χ1) is 8.34. The van der Waals surface area contributed by atoms with Crippen LogP contribution < -0.4 is 0 Å². The topological polar surface area (TPSA) is 38.7 Å². The highest BCUT2D eigenvalue weighted by molar-refractivity contribution is 6.29. The van der Waals surface area contributed by atoms with Crippen LogP contribution in [0.25, 0.3) is 22.3 Å². The Labute approximate surface area is 103 Å². The van der Waals surface area contributed by atoms with Crippen molar-refractivity contribution in [3.05, 3.63) is 53.9 Å². The molecular formula is C13H8ClN3. The SMILES string of the molecule is Clc1ccnc(-c2cccc3cccnc23)n1. The normalized spacial score (nSPS) is 10.6. The molecule has 1 aromatic carbocycles. The van der Waals surface area contributed by atoms with E-state index in [4.69, 9.17) is 11.6 Å². The number of nitrogens with zero attached hydrogens (tertiary/aromatic N) is 3. The first-order valence-electron chi connectivity index (χ1n) is 5.17. The molecule has 2 aromatic heterocycles. The first kappa shape index (κ1) is 10.2. The number of rotatable bonds is 1. The van der Waals surface area contributed by atoms with Gasteiger partial charge in [0.05, 0.1) is 5.52 Å². The summed E-state index contributed by atoms with van der Waals surface area (Å²) in [5.41, 5.74) is 1.78. The molecule has 0 bridgehead atoms. The Balaban J connectivity index is 2.30. The van der Waals surface area contributed by atoms with Gasteiger partial charge >= 0.3 is 0 Å². The molecule has 2 heterocycles. The fraction of sp³-hybridized carbons (Fsp3) is 0. The van der Waals surface area contributed by atoms with E-state index < -0.39 is 0 Å².